The Morgan fingerprint density at radius 1 is 1.32 bits per heavy atom. The third-order valence-electron chi connectivity index (χ3n) is 3.33. The van der Waals surface area contributed by atoms with E-state index in [1.807, 2.05) is 10.9 Å². The first-order valence-corrected chi connectivity index (χ1v) is 6.66. The van der Waals surface area contributed by atoms with E-state index in [1.165, 1.54) is 0 Å². The fraction of sp³-hybridized carbons (Fsp3) is 0.385. The number of nitrogen functional groups attached to an aromatic ring is 1. The molecule has 100 valence electrons. The van der Waals surface area contributed by atoms with Crippen LogP contribution in [-0.4, -0.2) is 28.0 Å². The maximum atomic E-state index is 5.93. The highest BCUT2D eigenvalue weighted by atomic mass is 35.5. The number of hydrogen-bond donors (Lipinski definition) is 1. The van der Waals surface area contributed by atoms with Gasteiger partial charge < -0.3 is 10.5 Å². The Kier molecular flexibility index (Phi) is 3.40. The fourth-order valence-corrected chi connectivity index (χ4v) is 2.43. The van der Waals surface area contributed by atoms with E-state index in [9.17, 15) is 0 Å². The first kappa shape index (κ1) is 12.4. The van der Waals surface area contributed by atoms with Gasteiger partial charge in [0.25, 0.3) is 0 Å². The first-order valence-electron chi connectivity index (χ1n) is 6.28. The maximum Gasteiger partial charge on any atom is 0.129 e. The number of nitrogens with two attached hydrogens (primary N) is 1. The van der Waals surface area contributed by atoms with Gasteiger partial charge in [-0.3, -0.25) is 4.68 Å². The number of nitrogens with zero attached hydrogens (tertiary/aromatic N) is 3. The van der Waals surface area contributed by atoms with Crippen molar-refractivity contribution in [3.05, 3.63) is 29.7 Å². The number of halogens is 1. The average Bonchev–Trinajstić information content (AvgIpc) is 2.92. The molecule has 3 rings (SSSR count). The molecule has 0 atom stereocenters. The molecule has 1 saturated heterocycles. The third kappa shape index (κ3) is 2.57. The molecular weight excluding hydrogens is 264 g/mol. The van der Waals surface area contributed by atoms with Crippen molar-refractivity contribution >= 4 is 17.3 Å². The summed E-state index contributed by atoms with van der Waals surface area (Å²) in [5.41, 5.74) is 8.12. The zero-order chi connectivity index (χ0) is 13.2. The number of anilines is 1. The number of hydrogen-bond acceptors (Lipinski definition) is 4. The minimum atomic E-state index is 0.392. The third-order valence-corrected chi connectivity index (χ3v) is 3.54. The molecule has 1 fully saturated rings. The number of ether oxygens (including phenoxy) is 1. The summed E-state index contributed by atoms with van der Waals surface area (Å²) in [4.78, 5) is 4.26. The summed E-state index contributed by atoms with van der Waals surface area (Å²) >= 11 is 5.91. The van der Waals surface area contributed by atoms with Crippen LogP contribution in [0.3, 0.4) is 0 Å². The van der Waals surface area contributed by atoms with Crippen LogP contribution in [0.15, 0.2) is 24.5 Å². The van der Waals surface area contributed by atoms with Gasteiger partial charge in [0.1, 0.15) is 5.15 Å². The second-order valence-electron chi connectivity index (χ2n) is 4.62. The lowest BCUT2D eigenvalue weighted by Crippen LogP contribution is -2.19. The van der Waals surface area contributed by atoms with Crippen molar-refractivity contribution in [3.8, 4) is 11.3 Å². The maximum absolute atomic E-state index is 5.93. The van der Waals surface area contributed by atoms with Gasteiger partial charge in [0.05, 0.1) is 23.6 Å². The molecule has 0 spiro atoms. The fourth-order valence-electron chi connectivity index (χ4n) is 2.29. The molecule has 0 bridgehead atoms. The number of aromatic nitrogens is 3. The average molecular weight is 279 g/mol. The van der Waals surface area contributed by atoms with Crippen LogP contribution in [0.25, 0.3) is 11.3 Å². The lowest BCUT2D eigenvalue weighted by molar-refractivity contribution is 0.0662. The molecule has 1 aliphatic rings. The minimum Gasteiger partial charge on any atom is -0.397 e. The minimum absolute atomic E-state index is 0.392. The molecule has 2 aromatic heterocycles. The molecule has 2 aromatic rings. The molecular formula is C13H15ClN4O. The van der Waals surface area contributed by atoms with E-state index in [1.54, 1.807) is 18.3 Å². The van der Waals surface area contributed by atoms with Gasteiger partial charge >= 0.3 is 0 Å². The van der Waals surface area contributed by atoms with Gasteiger partial charge in [-0.15, -0.1) is 0 Å². The molecule has 0 aromatic carbocycles. The normalized spacial score (nSPS) is 16.7. The first-order chi connectivity index (χ1) is 9.24. The second-order valence-corrected chi connectivity index (χ2v) is 5.01. The highest BCUT2D eigenvalue weighted by molar-refractivity contribution is 6.29. The van der Waals surface area contributed by atoms with Crippen LogP contribution >= 0.6 is 11.6 Å². The van der Waals surface area contributed by atoms with Crippen molar-refractivity contribution in [2.24, 2.45) is 0 Å². The SMILES string of the molecule is Nc1ccc(Cl)nc1-c1cnn(C2CCOCC2)c1. The van der Waals surface area contributed by atoms with Gasteiger partial charge in [-0.05, 0) is 25.0 Å². The van der Waals surface area contributed by atoms with Crippen LogP contribution in [0.1, 0.15) is 18.9 Å². The Hall–Kier alpha value is -1.59. The van der Waals surface area contributed by atoms with Crippen LogP contribution in [0.4, 0.5) is 5.69 Å². The predicted octanol–water partition coefficient (Wildman–Crippen LogP) is 2.53. The van der Waals surface area contributed by atoms with Crippen LogP contribution in [0.2, 0.25) is 5.15 Å². The molecule has 0 aliphatic carbocycles. The van der Waals surface area contributed by atoms with Crippen LogP contribution < -0.4 is 5.73 Å². The summed E-state index contributed by atoms with van der Waals surface area (Å²) in [5, 5.41) is 4.84. The van der Waals surface area contributed by atoms with E-state index < -0.39 is 0 Å². The second kappa shape index (κ2) is 5.19. The Bertz CT molecular complexity index is 578. The van der Waals surface area contributed by atoms with E-state index in [0.717, 1.165) is 31.6 Å². The monoisotopic (exact) mass is 278 g/mol. The molecule has 3 heterocycles. The van der Waals surface area contributed by atoms with Crippen LogP contribution in [-0.2, 0) is 4.74 Å². The Morgan fingerprint density at radius 2 is 2.11 bits per heavy atom. The van der Waals surface area contributed by atoms with Crippen LogP contribution in [0.5, 0.6) is 0 Å². The van der Waals surface area contributed by atoms with E-state index >= 15 is 0 Å². The molecule has 0 saturated carbocycles. The molecule has 6 heteroatoms. The Balaban J connectivity index is 1.89. The van der Waals surface area contributed by atoms with Crippen molar-refractivity contribution in [1.29, 1.82) is 0 Å². The standard InChI is InChI=1S/C13H15ClN4O/c14-12-2-1-11(15)13(17-12)9-7-16-18(8-9)10-3-5-19-6-4-10/h1-2,7-8,10H,3-6,15H2. The predicted molar refractivity (Wildman–Crippen MR) is 74.0 cm³/mol. The molecule has 1 aliphatic heterocycles. The molecule has 2 N–H and O–H groups in total. The van der Waals surface area contributed by atoms with Crippen molar-refractivity contribution < 1.29 is 4.74 Å². The molecule has 5 nitrogen and oxygen atoms in total. The lowest BCUT2D eigenvalue weighted by Gasteiger charge is -2.22. The number of pyridine rings is 1. The van der Waals surface area contributed by atoms with E-state index in [4.69, 9.17) is 22.1 Å². The van der Waals surface area contributed by atoms with Gasteiger partial charge in [0, 0.05) is 25.0 Å². The number of rotatable bonds is 2. The molecule has 0 radical (unpaired) electrons. The smallest absolute Gasteiger partial charge is 0.129 e. The van der Waals surface area contributed by atoms with E-state index in [-0.39, 0.29) is 0 Å². The summed E-state index contributed by atoms with van der Waals surface area (Å²) in [7, 11) is 0. The summed E-state index contributed by atoms with van der Waals surface area (Å²) in [5.74, 6) is 0. The summed E-state index contributed by atoms with van der Waals surface area (Å²) in [6, 6.07) is 3.84. The van der Waals surface area contributed by atoms with E-state index in [2.05, 4.69) is 10.1 Å². The molecule has 19 heavy (non-hydrogen) atoms. The van der Waals surface area contributed by atoms with Crippen molar-refractivity contribution in [1.82, 2.24) is 14.8 Å². The van der Waals surface area contributed by atoms with Gasteiger partial charge in [-0.1, -0.05) is 11.6 Å². The van der Waals surface area contributed by atoms with Gasteiger partial charge in [-0.25, -0.2) is 4.98 Å². The summed E-state index contributed by atoms with van der Waals surface area (Å²) in [6.07, 6.45) is 5.73. The molecule has 0 amide bonds. The van der Waals surface area contributed by atoms with Gasteiger partial charge in [-0.2, -0.15) is 5.10 Å². The Morgan fingerprint density at radius 3 is 2.89 bits per heavy atom. The van der Waals surface area contributed by atoms with Gasteiger partial charge in [0.15, 0.2) is 0 Å². The molecule has 0 unspecified atom stereocenters. The van der Waals surface area contributed by atoms with Crippen LogP contribution in [0, 0.1) is 0 Å². The quantitative estimate of drug-likeness (QED) is 0.857. The lowest BCUT2D eigenvalue weighted by atomic mass is 10.1. The highest BCUT2D eigenvalue weighted by Gasteiger charge is 2.17. The van der Waals surface area contributed by atoms with Crippen molar-refractivity contribution in [2.45, 2.75) is 18.9 Å². The summed E-state index contributed by atoms with van der Waals surface area (Å²) < 4.78 is 7.33. The zero-order valence-electron chi connectivity index (χ0n) is 10.4. The highest BCUT2D eigenvalue weighted by Crippen LogP contribution is 2.27. The van der Waals surface area contributed by atoms with E-state index in [0.29, 0.717) is 22.6 Å². The van der Waals surface area contributed by atoms with Crippen molar-refractivity contribution in [2.75, 3.05) is 18.9 Å². The summed E-state index contributed by atoms with van der Waals surface area (Å²) in [6.45, 7) is 1.58. The van der Waals surface area contributed by atoms with Gasteiger partial charge in [0.2, 0.25) is 0 Å². The Labute approximate surface area is 116 Å². The topological polar surface area (TPSA) is 66.0 Å². The van der Waals surface area contributed by atoms with Crippen molar-refractivity contribution in [3.63, 3.8) is 0 Å². The largest absolute Gasteiger partial charge is 0.397 e. The zero-order valence-corrected chi connectivity index (χ0v) is 11.2.